The monoisotopic (exact) mass is 290 g/mol. The fourth-order valence-electron chi connectivity index (χ4n) is 2.75. The van der Waals surface area contributed by atoms with Crippen molar-refractivity contribution in [1.29, 1.82) is 0 Å². The molecule has 1 unspecified atom stereocenters. The number of carboxylic acids is 1. The van der Waals surface area contributed by atoms with Gasteiger partial charge in [-0.25, -0.2) is 4.79 Å². The first-order valence-corrected chi connectivity index (χ1v) is 7.46. The maximum atomic E-state index is 12.2. The summed E-state index contributed by atoms with van der Waals surface area (Å²) in [5.41, 5.74) is 1.17. The first-order chi connectivity index (χ1) is 10.1. The topological polar surface area (TPSA) is 69.6 Å². The van der Waals surface area contributed by atoms with Crippen LogP contribution in [0.1, 0.15) is 42.1 Å². The number of carbonyl (C=O) groups is 2. The molecule has 1 aromatic carbocycles. The maximum Gasteiger partial charge on any atom is 0.335 e. The second-order valence-electron chi connectivity index (χ2n) is 5.41. The van der Waals surface area contributed by atoms with Crippen molar-refractivity contribution in [1.82, 2.24) is 10.2 Å². The molecule has 2 rings (SSSR count). The van der Waals surface area contributed by atoms with Crippen molar-refractivity contribution in [3.8, 4) is 0 Å². The van der Waals surface area contributed by atoms with E-state index in [0.29, 0.717) is 6.54 Å². The Morgan fingerprint density at radius 1 is 1.33 bits per heavy atom. The Morgan fingerprint density at radius 2 is 2.05 bits per heavy atom. The number of benzene rings is 1. The predicted molar refractivity (Wildman–Crippen MR) is 80.1 cm³/mol. The molecule has 1 fully saturated rings. The number of amides is 1. The summed E-state index contributed by atoms with van der Waals surface area (Å²) >= 11 is 0. The van der Waals surface area contributed by atoms with Gasteiger partial charge >= 0.3 is 5.97 Å². The zero-order valence-electron chi connectivity index (χ0n) is 12.3. The Kier molecular flexibility index (Phi) is 5.33. The zero-order valence-corrected chi connectivity index (χ0v) is 12.3. The van der Waals surface area contributed by atoms with Gasteiger partial charge in [-0.05, 0) is 50.0 Å². The minimum Gasteiger partial charge on any atom is -0.478 e. The van der Waals surface area contributed by atoms with Crippen LogP contribution in [0.4, 0.5) is 0 Å². The third kappa shape index (κ3) is 4.04. The lowest BCUT2D eigenvalue weighted by Gasteiger charge is -2.22. The molecule has 114 valence electrons. The van der Waals surface area contributed by atoms with E-state index in [-0.39, 0.29) is 17.5 Å². The molecule has 1 atom stereocenters. The van der Waals surface area contributed by atoms with E-state index in [1.165, 1.54) is 0 Å². The van der Waals surface area contributed by atoms with Gasteiger partial charge in [0.1, 0.15) is 0 Å². The van der Waals surface area contributed by atoms with Gasteiger partial charge in [-0.2, -0.15) is 0 Å². The van der Waals surface area contributed by atoms with Crippen molar-refractivity contribution in [2.75, 3.05) is 13.1 Å². The predicted octanol–water partition coefficient (Wildman–Crippen LogP) is 1.88. The quantitative estimate of drug-likeness (QED) is 0.839. The fraction of sp³-hybridized carbons (Fsp3) is 0.500. The normalized spacial score (nSPS) is 18.6. The smallest absolute Gasteiger partial charge is 0.335 e. The van der Waals surface area contributed by atoms with Crippen molar-refractivity contribution in [3.05, 3.63) is 35.4 Å². The molecule has 5 nitrogen and oxygen atoms in total. The van der Waals surface area contributed by atoms with Crippen molar-refractivity contribution in [2.45, 2.75) is 38.8 Å². The standard InChI is InChI=1S/C16H22N2O3/c1-2-9-18-10-3-4-14(18)15(19)17-11-12-5-7-13(8-6-12)16(20)21/h5-8,14H,2-4,9-11H2,1H3,(H,17,19)(H,20,21). The van der Waals surface area contributed by atoms with Crippen LogP contribution in [0.2, 0.25) is 0 Å². The van der Waals surface area contributed by atoms with E-state index in [1.807, 2.05) is 0 Å². The molecule has 2 N–H and O–H groups in total. The Bertz CT molecular complexity index is 499. The molecule has 0 aromatic heterocycles. The molecule has 1 aliphatic heterocycles. The van der Waals surface area contributed by atoms with Crippen LogP contribution in [0.15, 0.2) is 24.3 Å². The summed E-state index contributed by atoms with van der Waals surface area (Å²) in [4.78, 5) is 25.2. The van der Waals surface area contributed by atoms with Crippen LogP contribution >= 0.6 is 0 Å². The van der Waals surface area contributed by atoms with Crippen LogP contribution < -0.4 is 5.32 Å². The van der Waals surface area contributed by atoms with Gasteiger partial charge in [-0.1, -0.05) is 19.1 Å². The molecule has 0 aliphatic carbocycles. The summed E-state index contributed by atoms with van der Waals surface area (Å²) in [5.74, 6) is -0.866. The van der Waals surface area contributed by atoms with Crippen LogP contribution in [0.3, 0.4) is 0 Å². The Balaban J connectivity index is 1.87. The average molecular weight is 290 g/mol. The van der Waals surface area contributed by atoms with Gasteiger partial charge in [0.25, 0.3) is 0 Å². The summed E-state index contributed by atoms with van der Waals surface area (Å²) in [6.45, 7) is 4.52. The number of nitrogens with zero attached hydrogens (tertiary/aromatic N) is 1. The number of carboxylic acid groups (broad SMARTS) is 1. The summed E-state index contributed by atoms with van der Waals surface area (Å²) in [5, 5.41) is 11.8. The molecule has 21 heavy (non-hydrogen) atoms. The summed E-state index contributed by atoms with van der Waals surface area (Å²) in [6, 6.07) is 6.58. The molecule has 5 heteroatoms. The first-order valence-electron chi connectivity index (χ1n) is 7.46. The number of nitrogens with one attached hydrogen (secondary N) is 1. The van der Waals surface area contributed by atoms with E-state index in [9.17, 15) is 9.59 Å². The minimum absolute atomic E-state index is 0.0109. The molecule has 0 saturated carbocycles. The molecule has 0 spiro atoms. The minimum atomic E-state index is -0.938. The Hall–Kier alpha value is -1.88. The fourth-order valence-corrected chi connectivity index (χ4v) is 2.75. The highest BCUT2D eigenvalue weighted by Gasteiger charge is 2.29. The number of hydrogen-bond donors (Lipinski definition) is 2. The van der Waals surface area contributed by atoms with Gasteiger partial charge in [0.2, 0.25) is 5.91 Å². The molecule has 1 heterocycles. The SMILES string of the molecule is CCCN1CCCC1C(=O)NCc1ccc(C(=O)O)cc1. The largest absolute Gasteiger partial charge is 0.478 e. The van der Waals surface area contributed by atoms with E-state index in [2.05, 4.69) is 17.1 Å². The molecule has 1 amide bonds. The maximum absolute atomic E-state index is 12.2. The van der Waals surface area contributed by atoms with Crippen LogP contribution in [-0.4, -0.2) is 41.0 Å². The van der Waals surface area contributed by atoms with E-state index in [0.717, 1.165) is 37.9 Å². The van der Waals surface area contributed by atoms with E-state index in [1.54, 1.807) is 24.3 Å². The first kappa shape index (κ1) is 15.5. The second-order valence-corrected chi connectivity index (χ2v) is 5.41. The Morgan fingerprint density at radius 3 is 2.67 bits per heavy atom. The van der Waals surface area contributed by atoms with Gasteiger partial charge in [-0.3, -0.25) is 9.69 Å². The van der Waals surface area contributed by atoms with Crippen molar-refractivity contribution < 1.29 is 14.7 Å². The molecular formula is C16H22N2O3. The highest BCUT2D eigenvalue weighted by atomic mass is 16.4. The van der Waals surface area contributed by atoms with E-state index >= 15 is 0 Å². The molecule has 1 aliphatic rings. The van der Waals surface area contributed by atoms with Gasteiger partial charge in [-0.15, -0.1) is 0 Å². The van der Waals surface area contributed by atoms with Crippen LogP contribution in [-0.2, 0) is 11.3 Å². The van der Waals surface area contributed by atoms with Gasteiger partial charge in [0.05, 0.1) is 11.6 Å². The Labute approximate surface area is 125 Å². The second kappa shape index (κ2) is 7.22. The lowest BCUT2D eigenvalue weighted by molar-refractivity contribution is -0.125. The zero-order chi connectivity index (χ0) is 15.2. The highest BCUT2D eigenvalue weighted by molar-refractivity contribution is 5.87. The average Bonchev–Trinajstić information content (AvgIpc) is 2.94. The molecule has 0 bridgehead atoms. The third-order valence-electron chi connectivity index (χ3n) is 3.84. The number of likely N-dealkylation sites (tertiary alicyclic amines) is 1. The van der Waals surface area contributed by atoms with Crippen LogP contribution in [0, 0.1) is 0 Å². The van der Waals surface area contributed by atoms with Gasteiger partial charge < -0.3 is 10.4 Å². The number of carbonyl (C=O) groups excluding carboxylic acids is 1. The molecular weight excluding hydrogens is 268 g/mol. The third-order valence-corrected chi connectivity index (χ3v) is 3.84. The highest BCUT2D eigenvalue weighted by Crippen LogP contribution is 2.17. The van der Waals surface area contributed by atoms with Crippen molar-refractivity contribution in [3.63, 3.8) is 0 Å². The van der Waals surface area contributed by atoms with Gasteiger partial charge in [0.15, 0.2) is 0 Å². The van der Waals surface area contributed by atoms with Gasteiger partial charge in [0, 0.05) is 6.54 Å². The number of aromatic carboxylic acids is 1. The van der Waals surface area contributed by atoms with E-state index < -0.39 is 5.97 Å². The molecule has 0 radical (unpaired) electrons. The number of hydrogen-bond acceptors (Lipinski definition) is 3. The summed E-state index contributed by atoms with van der Waals surface area (Å²) < 4.78 is 0. The lowest BCUT2D eigenvalue weighted by atomic mass is 10.1. The van der Waals surface area contributed by atoms with Crippen molar-refractivity contribution in [2.24, 2.45) is 0 Å². The molecule has 1 saturated heterocycles. The molecule has 1 aromatic rings. The van der Waals surface area contributed by atoms with Crippen LogP contribution in [0.5, 0.6) is 0 Å². The van der Waals surface area contributed by atoms with Crippen molar-refractivity contribution >= 4 is 11.9 Å². The van der Waals surface area contributed by atoms with E-state index in [4.69, 9.17) is 5.11 Å². The summed E-state index contributed by atoms with van der Waals surface area (Å²) in [6.07, 6.45) is 3.05. The summed E-state index contributed by atoms with van der Waals surface area (Å²) in [7, 11) is 0. The lowest BCUT2D eigenvalue weighted by Crippen LogP contribution is -2.43. The van der Waals surface area contributed by atoms with Crippen LogP contribution in [0.25, 0.3) is 0 Å². The number of rotatable bonds is 6.